The Bertz CT molecular complexity index is 575. The summed E-state index contributed by atoms with van der Waals surface area (Å²) in [6.07, 6.45) is 3.30. The molecule has 1 nitrogen and oxygen atoms in total. The highest BCUT2D eigenvalue weighted by atomic mass is 19.1. The van der Waals surface area contributed by atoms with E-state index >= 15 is 0 Å². The van der Waals surface area contributed by atoms with E-state index in [1.54, 1.807) is 6.07 Å². The van der Waals surface area contributed by atoms with E-state index < -0.39 is 0 Å². The second-order valence-electron chi connectivity index (χ2n) is 5.96. The highest BCUT2D eigenvalue weighted by Crippen LogP contribution is 2.38. The zero-order chi connectivity index (χ0) is 14.7. The van der Waals surface area contributed by atoms with Crippen LogP contribution in [0.25, 0.3) is 0 Å². The maximum absolute atomic E-state index is 13.3. The summed E-state index contributed by atoms with van der Waals surface area (Å²) in [4.78, 5) is 0. The Kier molecular flexibility index (Phi) is 4.35. The summed E-state index contributed by atoms with van der Waals surface area (Å²) >= 11 is 0. The molecule has 0 aliphatic heterocycles. The van der Waals surface area contributed by atoms with Crippen molar-refractivity contribution in [3.05, 3.63) is 71.5 Å². The minimum absolute atomic E-state index is 0.125. The van der Waals surface area contributed by atoms with Crippen molar-refractivity contribution in [2.75, 3.05) is 0 Å². The third-order valence-corrected chi connectivity index (χ3v) is 4.51. The molecule has 1 aliphatic rings. The van der Waals surface area contributed by atoms with Crippen LogP contribution in [-0.2, 0) is 0 Å². The van der Waals surface area contributed by atoms with Crippen LogP contribution in [0.3, 0.4) is 0 Å². The summed E-state index contributed by atoms with van der Waals surface area (Å²) in [6.45, 7) is 2.22. The lowest BCUT2D eigenvalue weighted by Crippen LogP contribution is -2.41. The van der Waals surface area contributed by atoms with E-state index in [9.17, 15) is 4.39 Å². The van der Waals surface area contributed by atoms with Crippen LogP contribution in [0.15, 0.2) is 54.6 Å². The quantitative estimate of drug-likeness (QED) is 0.830. The Morgan fingerprint density at radius 1 is 1.10 bits per heavy atom. The van der Waals surface area contributed by atoms with E-state index in [-0.39, 0.29) is 5.82 Å². The monoisotopic (exact) mass is 283 g/mol. The van der Waals surface area contributed by atoms with Gasteiger partial charge >= 0.3 is 0 Å². The summed E-state index contributed by atoms with van der Waals surface area (Å²) in [5.41, 5.74) is 2.50. The maximum Gasteiger partial charge on any atom is 0.123 e. The van der Waals surface area contributed by atoms with Gasteiger partial charge in [0.05, 0.1) is 0 Å². The number of hydrogen-bond acceptors (Lipinski definition) is 1. The van der Waals surface area contributed by atoms with E-state index in [0.717, 1.165) is 24.8 Å². The van der Waals surface area contributed by atoms with Crippen LogP contribution in [0.5, 0.6) is 0 Å². The first-order valence-corrected chi connectivity index (χ1v) is 7.82. The number of hydrogen-bond donors (Lipinski definition) is 1. The summed E-state index contributed by atoms with van der Waals surface area (Å²) < 4.78 is 13.3. The number of rotatable bonds is 5. The average molecular weight is 283 g/mol. The molecule has 2 aromatic rings. The minimum Gasteiger partial charge on any atom is -0.307 e. The number of halogens is 1. The van der Waals surface area contributed by atoms with Gasteiger partial charge in [0.1, 0.15) is 5.82 Å². The zero-order valence-electron chi connectivity index (χ0n) is 12.4. The van der Waals surface area contributed by atoms with Crippen LogP contribution in [-0.4, -0.2) is 6.04 Å². The molecule has 2 aromatic carbocycles. The molecular formula is C19H22FN. The molecule has 2 heteroatoms. The van der Waals surface area contributed by atoms with Gasteiger partial charge in [0, 0.05) is 12.1 Å². The molecule has 0 heterocycles. The average Bonchev–Trinajstić information content (AvgIpc) is 2.47. The van der Waals surface area contributed by atoms with Crippen LogP contribution in [0.1, 0.15) is 49.3 Å². The van der Waals surface area contributed by atoms with Crippen LogP contribution in [0, 0.1) is 5.82 Å². The molecular weight excluding hydrogens is 261 g/mol. The fraction of sp³-hybridized carbons (Fsp3) is 0.368. The molecule has 3 rings (SSSR count). The fourth-order valence-electron chi connectivity index (χ4n) is 3.21. The Morgan fingerprint density at radius 3 is 2.52 bits per heavy atom. The maximum atomic E-state index is 13.3. The molecule has 0 amide bonds. The molecule has 0 bridgehead atoms. The first-order chi connectivity index (χ1) is 10.3. The van der Waals surface area contributed by atoms with Gasteiger partial charge in [-0.25, -0.2) is 4.39 Å². The molecule has 1 aliphatic carbocycles. The lowest BCUT2D eigenvalue weighted by molar-refractivity contribution is 0.262. The predicted molar refractivity (Wildman–Crippen MR) is 84.8 cm³/mol. The van der Waals surface area contributed by atoms with E-state index in [0.29, 0.717) is 18.0 Å². The molecule has 110 valence electrons. The van der Waals surface area contributed by atoms with Crippen molar-refractivity contribution in [1.82, 2.24) is 5.32 Å². The Hall–Kier alpha value is -1.67. The summed E-state index contributed by atoms with van der Waals surface area (Å²) in [5, 5.41) is 3.74. The summed E-state index contributed by atoms with van der Waals surface area (Å²) in [6, 6.07) is 18.6. The zero-order valence-corrected chi connectivity index (χ0v) is 12.4. The molecule has 1 fully saturated rings. The highest BCUT2D eigenvalue weighted by molar-refractivity contribution is 5.24. The van der Waals surface area contributed by atoms with Crippen molar-refractivity contribution in [2.45, 2.75) is 44.2 Å². The lowest BCUT2D eigenvalue weighted by atomic mass is 9.75. The Morgan fingerprint density at radius 2 is 1.86 bits per heavy atom. The van der Waals surface area contributed by atoms with Crippen LogP contribution in [0.2, 0.25) is 0 Å². The van der Waals surface area contributed by atoms with Gasteiger partial charge in [0.25, 0.3) is 0 Å². The van der Waals surface area contributed by atoms with Gasteiger partial charge in [-0.3, -0.25) is 0 Å². The molecule has 1 atom stereocenters. The molecule has 0 aromatic heterocycles. The van der Waals surface area contributed by atoms with Gasteiger partial charge in [-0.2, -0.15) is 0 Å². The molecule has 21 heavy (non-hydrogen) atoms. The van der Waals surface area contributed by atoms with Crippen molar-refractivity contribution in [3.63, 3.8) is 0 Å². The van der Waals surface area contributed by atoms with Gasteiger partial charge in [-0.15, -0.1) is 0 Å². The van der Waals surface area contributed by atoms with Gasteiger partial charge in [-0.1, -0.05) is 49.4 Å². The van der Waals surface area contributed by atoms with Gasteiger partial charge < -0.3 is 5.32 Å². The van der Waals surface area contributed by atoms with E-state index in [4.69, 9.17) is 0 Å². The van der Waals surface area contributed by atoms with Crippen molar-refractivity contribution in [2.24, 2.45) is 0 Å². The standard InChI is InChI=1S/C19H22FN/c1-2-19(14-7-4-3-5-8-14)21-18-12-16(13-18)15-9-6-10-17(20)11-15/h3-11,16,18-19,21H,2,12-13H2,1H3. The van der Waals surface area contributed by atoms with Crippen LogP contribution >= 0.6 is 0 Å². The van der Waals surface area contributed by atoms with Gasteiger partial charge in [0.2, 0.25) is 0 Å². The Labute approximate surface area is 126 Å². The lowest BCUT2D eigenvalue weighted by Gasteiger charge is -2.39. The fourth-order valence-corrected chi connectivity index (χ4v) is 3.21. The topological polar surface area (TPSA) is 12.0 Å². The minimum atomic E-state index is -0.125. The second-order valence-corrected chi connectivity index (χ2v) is 5.96. The van der Waals surface area contributed by atoms with Crippen LogP contribution < -0.4 is 5.32 Å². The molecule has 1 saturated carbocycles. The highest BCUT2D eigenvalue weighted by Gasteiger charge is 2.31. The molecule has 0 saturated heterocycles. The second kappa shape index (κ2) is 6.40. The van der Waals surface area contributed by atoms with Gasteiger partial charge in [0.15, 0.2) is 0 Å². The first kappa shape index (κ1) is 14.3. The SMILES string of the molecule is CCC(NC1CC(c2cccc(F)c2)C1)c1ccccc1. The van der Waals surface area contributed by atoms with Crippen LogP contribution in [0.4, 0.5) is 4.39 Å². The van der Waals surface area contributed by atoms with Crippen molar-refractivity contribution >= 4 is 0 Å². The largest absolute Gasteiger partial charge is 0.307 e. The van der Waals surface area contributed by atoms with Crippen molar-refractivity contribution < 1.29 is 4.39 Å². The third-order valence-electron chi connectivity index (χ3n) is 4.51. The van der Waals surface area contributed by atoms with Crippen molar-refractivity contribution in [1.29, 1.82) is 0 Å². The molecule has 1 unspecified atom stereocenters. The number of benzene rings is 2. The molecule has 0 radical (unpaired) electrons. The van der Waals surface area contributed by atoms with E-state index in [2.05, 4.69) is 42.6 Å². The Balaban J connectivity index is 1.57. The first-order valence-electron chi connectivity index (χ1n) is 7.82. The van der Waals surface area contributed by atoms with Crippen molar-refractivity contribution in [3.8, 4) is 0 Å². The molecule has 0 spiro atoms. The van der Waals surface area contributed by atoms with E-state index in [1.165, 1.54) is 11.6 Å². The summed E-state index contributed by atoms with van der Waals surface area (Å²) in [7, 11) is 0. The smallest absolute Gasteiger partial charge is 0.123 e. The normalized spacial score (nSPS) is 22.6. The number of nitrogens with one attached hydrogen (secondary N) is 1. The third kappa shape index (κ3) is 3.33. The molecule has 1 N–H and O–H groups in total. The van der Waals surface area contributed by atoms with E-state index in [1.807, 2.05) is 12.1 Å². The predicted octanol–water partition coefficient (Wildman–Crippen LogP) is 4.81. The van der Waals surface area contributed by atoms with Gasteiger partial charge in [-0.05, 0) is 48.4 Å². The summed E-state index contributed by atoms with van der Waals surface area (Å²) in [5.74, 6) is 0.381.